The molecule has 0 fully saturated rings. The number of carbonyl (C=O) groups excluding carboxylic acids is 2. The molecule has 0 aliphatic heterocycles. The highest BCUT2D eigenvalue weighted by Gasteiger charge is 2.10. The highest BCUT2D eigenvalue weighted by atomic mass is 79.9. The molecule has 2 aromatic carbocycles. The van der Waals surface area contributed by atoms with Crippen LogP contribution in [0.1, 0.15) is 0 Å². The number of carbonyl (C=O) groups is 2. The Morgan fingerprint density at radius 1 is 0.800 bits per heavy atom. The topological polar surface area (TPSA) is 76.7 Å². The van der Waals surface area contributed by atoms with Gasteiger partial charge in [0.2, 0.25) is 0 Å². The number of halogens is 4. The zero-order chi connectivity index (χ0) is 22.8. The van der Waals surface area contributed by atoms with Gasteiger partial charge in [-0.25, -0.2) is 0 Å². The summed E-state index contributed by atoms with van der Waals surface area (Å²) in [5, 5.41) is 6.17. The fourth-order valence-electron chi connectivity index (χ4n) is 1.99. The summed E-state index contributed by atoms with van der Waals surface area (Å²) in [6, 6.07) is 6.54. The SMILES string of the molecule is COc1c(Cl)cc(NC(=O)SC)cc1Br.COc1c(Cl)cc(NC(=O)SC)cc1Cl. The molecule has 164 valence electrons. The van der Waals surface area contributed by atoms with Crippen LogP contribution in [0.4, 0.5) is 21.0 Å². The summed E-state index contributed by atoms with van der Waals surface area (Å²) >= 11 is 23.2. The minimum Gasteiger partial charge on any atom is -0.494 e. The quantitative estimate of drug-likeness (QED) is 0.385. The van der Waals surface area contributed by atoms with Gasteiger partial charge in [-0.15, -0.1) is 0 Å². The second kappa shape index (κ2) is 13.4. The molecular formula is C18H18BrCl3N2O4S2. The molecule has 0 atom stereocenters. The molecule has 2 rings (SSSR count). The predicted octanol–water partition coefficient (Wildman–Crippen LogP) is 7.90. The van der Waals surface area contributed by atoms with Crippen molar-refractivity contribution in [3.8, 4) is 11.5 Å². The van der Waals surface area contributed by atoms with Crippen LogP contribution in [0.5, 0.6) is 11.5 Å². The minimum absolute atomic E-state index is 0.136. The largest absolute Gasteiger partial charge is 0.494 e. The van der Waals surface area contributed by atoms with Crippen molar-refractivity contribution in [1.82, 2.24) is 0 Å². The van der Waals surface area contributed by atoms with Crippen molar-refractivity contribution in [2.24, 2.45) is 0 Å². The first-order valence-corrected chi connectivity index (χ1v) is 12.3. The van der Waals surface area contributed by atoms with Crippen LogP contribution < -0.4 is 20.1 Å². The van der Waals surface area contributed by atoms with E-state index in [4.69, 9.17) is 44.3 Å². The van der Waals surface area contributed by atoms with Gasteiger partial charge in [0, 0.05) is 11.4 Å². The number of hydrogen-bond acceptors (Lipinski definition) is 6. The van der Waals surface area contributed by atoms with Crippen LogP contribution in [0.3, 0.4) is 0 Å². The normalized spacial score (nSPS) is 9.87. The number of thioether (sulfide) groups is 2. The van der Waals surface area contributed by atoms with Crippen molar-refractivity contribution in [2.45, 2.75) is 0 Å². The van der Waals surface area contributed by atoms with Crippen molar-refractivity contribution < 1.29 is 19.1 Å². The van der Waals surface area contributed by atoms with E-state index >= 15 is 0 Å². The maximum Gasteiger partial charge on any atom is 0.283 e. The van der Waals surface area contributed by atoms with E-state index in [1.807, 2.05) is 0 Å². The molecule has 0 heterocycles. The lowest BCUT2D eigenvalue weighted by atomic mass is 10.3. The number of methoxy groups -OCH3 is 2. The molecule has 0 aliphatic carbocycles. The third-order valence-corrected chi connectivity index (χ3v) is 5.65. The maximum atomic E-state index is 11.1. The van der Waals surface area contributed by atoms with E-state index in [1.54, 1.807) is 36.8 Å². The lowest BCUT2D eigenvalue weighted by Crippen LogP contribution is -2.04. The minimum atomic E-state index is -0.174. The number of hydrogen-bond donors (Lipinski definition) is 2. The number of benzene rings is 2. The molecule has 2 amide bonds. The monoisotopic (exact) mass is 574 g/mol. The third kappa shape index (κ3) is 8.28. The van der Waals surface area contributed by atoms with Crippen LogP contribution in [0.25, 0.3) is 0 Å². The molecule has 0 aromatic heterocycles. The average molecular weight is 577 g/mol. The van der Waals surface area contributed by atoms with E-state index in [0.29, 0.717) is 42.4 Å². The average Bonchev–Trinajstić information content (AvgIpc) is 2.68. The summed E-state index contributed by atoms with van der Waals surface area (Å²) in [6.45, 7) is 0. The number of amides is 2. The van der Waals surface area contributed by atoms with Gasteiger partial charge >= 0.3 is 0 Å². The number of ether oxygens (including phenoxy) is 2. The van der Waals surface area contributed by atoms with E-state index in [0.717, 1.165) is 23.5 Å². The Bertz CT molecular complexity index is 799. The van der Waals surface area contributed by atoms with Crippen molar-refractivity contribution in [2.75, 3.05) is 37.4 Å². The van der Waals surface area contributed by atoms with Crippen LogP contribution >= 0.6 is 74.3 Å². The Hall–Kier alpha value is -0.970. The molecule has 0 spiro atoms. The van der Waals surface area contributed by atoms with E-state index in [2.05, 4.69) is 26.6 Å². The Balaban J connectivity index is 0.000000300. The highest BCUT2D eigenvalue weighted by molar-refractivity contribution is 9.10. The Morgan fingerprint density at radius 2 is 1.17 bits per heavy atom. The van der Waals surface area contributed by atoms with Crippen molar-refractivity contribution in [3.63, 3.8) is 0 Å². The van der Waals surface area contributed by atoms with Crippen LogP contribution in [0.15, 0.2) is 28.7 Å². The Kier molecular flexibility index (Phi) is 12.1. The lowest BCUT2D eigenvalue weighted by Gasteiger charge is -2.09. The van der Waals surface area contributed by atoms with E-state index in [1.165, 1.54) is 14.2 Å². The van der Waals surface area contributed by atoms with Gasteiger partial charge in [-0.3, -0.25) is 9.59 Å². The summed E-state index contributed by atoms with van der Waals surface area (Å²) in [6.07, 6.45) is 3.39. The van der Waals surface area contributed by atoms with Gasteiger partial charge < -0.3 is 20.1 Å². The van der Waals surface area contributed by atoms with Crippen molar-refractivity contribution in [1.29, 1.82) is 0 Å². The maximum absolute atomic E-state index is 11.1. The van der Waals surface area contributed by atoms with Gasteiger partial charge in [0.25, 0.3) is 10.5 Å². The molecule has 2 aromatic rings. The summed E-state index contributed by atoms with van der Waals surface area (Å²) in [4.78, 5) is 22.2. The molecule has 0 saturated heterocycles. The van der Waals surface area contributed by atoms with Crippen molar-refractivity contribution in [3.05, 3.63) is 43.8 Å². The van der Waals surface area contributed by atoms with Gasteiger partial charge in [0.15, 0.2) is 11.5 Å². The molecule has 0 unspecified atom stereocenters. The number of anilines is 2. The molecule has 0 radical (unpaired) electrons. The molecular weight excluding hydrogens is 559 g/mol. The molecule has 0 bridgehead atoms. The third-order valence-electron chi connectivity index (χ3n) is 3.27. The standard InChI is InChI=1S/C9H9BrClNO2S.C9H9Cl2NO2S/c2*1-14-8-6(10)3-5(4-7(8)11)12-9(13)15-2/h2*3-4H,1-2H3,(H,12,13). The molecule has 0 saturated carbocycles. The van der Waals surface area contributed by atoms with Crippen molar-refractivity contribution >= 4 is 96.1 Å². The van der Waals surface area contributed by atoms with Crippen LogP contribution in [-0.2, 0) is 0 Å². The smallest absolute Gasteiger partial charge is 0.283 e. The fraction of sp³-hybridized carbons (Fsp3) is 0.222. The van der Waals surface area contributed by atoms with Crippen LogP contribution in [0, 0.1) is 0 Å². The van der Waals surface area contributed by atoms with Gasteiger partial charge in [0.05, 0.1) is 33.8 Å². The van der Waals surface area contributed by atoms with Gasteiger partial charge in [-0.1, -0.05) is 58.3 Å². The number of nitrogens with one attached hydrogen (secondary N) is 2. The lowest BCUT2D eigenvalue weighted by molar-refractivity contribution is 0.269. The Morgan fingerprint density at radius 3 is 1.50 bits per heavy atom. The first-order valence-electron chi connectivity index (χ1n) is 7.92. The molecule has 30 heavy (non-hydrogen) atoms. The zero-order valence-electron chi connectivity index (χ0n) is 16.3. The first kappa shape index (κ1) is 27.1. The summed E-state index contributed by atoms with van der Waals surface area (Å²) in [5.41, 5.74) is 1.18. The number of rotatable bonds is 4. The van der Waals surface area contributed by atoms with E-state index in [-0.39, 0.29) is 10.5 Å². The summed E-state index contributed by atoms with van der Waals surface area (Å²) in [5.74, 6) is 0.958. The van der Waals surface area contributed by atoms with Gasteiger partial charge in [-0.05, 0) is 52.7 Å². The predicted molar refractivity (Wildman–Crippen MR) is 134 cm³/mol. The molecule has 12 heteroatoms. The second-order valence-electron chi connectivity index (χ2n) is 5.18. The zero-order valence-corrected chi connectivity index (χ0v) is 21.8. The van der Waals surface area contributed by atoms with Crippen LogP contribution in [-0.4, -0.2) is 37.2 Å². The summed E-state index contributed by atoms with van der Waals surface area (Å²) < 4.78 is 10.7. The van der Waals surface area contributed by atoms with Gasteiger partial charge in [0.1, 0.15) is 0 Å². The van der Waals surface area contributed by atoms with Crippen LogP contribution in [0.2, 0.25) is 15.1 Å². The second-order valence-corrected chi connectivity index (χ2v) is 8.81. The molecule has 2 N–H and O–H groups in total. The Labute approximate surface area is 206 Å². The molecule has 0 aliphatic rings. The highest BCUT2D eigenvalue weighted by Crippen LogP contribution is 2.36. The summed E-state index contributed by atoms with van der Waals surface area (Å²) in [7, 11) is 3.01. The first-order chi connectivity index (χ1) is 14.2. The molecule has 6 nitrogen and oxygen atoms in total. The van der Waals surface area contributed by atoms with E-state index < -0.39 is 0 Å². The van der Waals surface area contributed by atoms with Gasteiger partial charge in [-0.2, -0.15) is 0 Å². The fourth-order valence-corrected chi connectivity index (χ4v) is 4.11. The van der Waals surface area contributed by atoms with E-state index in [9.17, 15) is 9.59 Å².